The van der Waals surface area contributed by atoms with Gasteiger partial charge in [-0.2, -0.15) is 0 Å². The van der Waals surface area contributed by atoms with Crippen LogP contribution in [0.4, 0.5) is 0 Å². The Bertz CT molecular complexity index is 482. The molecular formula is C15H20N2O3. The molecule has 1 saturated heterocycles. The van der Waals surface area contributed by atoms with E-state index in [-0.39, 0.29) is 17.4 Å². The van der Waals surface area contributed by atoms with Crippen molar-refractivity contribution in [2.24, 2.45) is 5.92 Å². The Labute approximate surface area is 118 Å². The predicted molar refractivity (Wildman–Crippen MR) is 75.7 cm³/mol. The van der Waals surface area contributed by atoms with Crippen LogP contribution in [0.2, 0.25) is 0 Å². The molecule has 1 aliphatic heterocycles. The van der Waals surface area contributed by atoms with Gasteiger partial charge in [-0.3, -0.25) is 4.79 Å². The van der Waals surface area contributed by atoms with Crippen molar-refractivity contribution in [3.63, 3.8) is 0 Å². The summed E-state index contributed by atoms with van der Waals surface area (Å²) in [5.41, 5.74) is 1.21. The number of hydrogen-bond acceptors (Lipinski definition) is 3. The average molecular weight is 276 g/mol. The highest BCUT2D eigenvalue weighted by atomic mass is 16.4. The quantitative estimate of drug-likeness (QED) is 0.751. The molecule has 1 aromatic carbocycles. The maximum absolute atomic E-state index is 11.9. The van der Waals surface area contributed by atoms with Gasteiger partial charge in [-0.15, -0.1) is 0 Å². The standard InChI is InChI=1S/C15H20N2O3/c18-14(13-5-2-7-16-10-13)17-8-6-11-3-1-4-12(9-11)15(19)20/h1,3-4,9,13,16H,2,5-8,10H2,(H,17,18)(H,19,20)/t13-/m0/s1. The fraction of sp³-hybridized carbons (Fsp3) is 0.467. The Morgan fingerprint density at radius 1 is 1.40 bits per heavy atom. The van der Waals surface area contributed by atoms with E-state index in [2.05, 4.69) is 10.6 Å². The molecule has 1 atom stereocenters. The van der Waals surface area contributed by atoms with Gasteiger partial charge < -0.3 is 15.7 Å². The van der Waals surface area contributed by atoms with Crippen molar-refractivity contribution in [1.82, 2.24) is 10.6 Å². The van der Waals surface area contributed by atoms with Gasteiger partial charge in [0.05, 0.1) is 11.5 Å². The number of carbonyl (C=O) groups excluding carboxylic acids is 1. The lowest BCUT2D eigenvalue weighted by atomic mass is 9.99. The van der Waals surface area contributed by atoms with Crippen molar-refractivity contribution in [2.75, 3.05) is 19.6 Å². The fourth-order valence-corrected chi connectivity index (χ4v) is 2.41. The number of piperidine rings is 1. The zero-order valence-electron chi connectivity index (χ0n) is 11.4. The summed E-state index contributed by atoms with van der Waals surface area (Å²) >= 11 is 0. The van der Waals surface area contributed by atoms with Gasteiger partial charge in [0.25, 0.3) is 0 Å². The van der Waals surface area contributed by atoms with Crippen LogP contribution in [0.25, 0.3) is 0 Å². The number of rotatable bonds is 5. The predicted octanol–water partition coefficient (Wildman–Crippen LogP) is 1.04. The smallest absolute Gasteiger partial charge is 0.335 e. The number of amides is 1. The molecule has 0 bridgehead atoms. The van der Waals surface area contributed by atoms with Crippen LogP contribution < -0.4 is 10.6 Å². The largest absolute Gasteiger partial charge is 0.478 e. The SMILES string of the molecule is O=C(O)c1cccc(CCNC(=O)[C@H]2CCCNC2)c1. The maximum atomic E-state index is 11.9. The van der Waals surface area contributed by atoms with Crippen molar-refractivity contribution >= 4 is 11.9 Å². The summed E-state index contributed by atoms with van der Waals surface area (Å²) in [6.45, 7) is 2.28. The van der Waals surface area contributed by atoms with E-state index in [9.17, 15) is 9.59 Å². The molecule has 5 nitrogen and oxygen atoms in total. The minimum absolute atomic E-state index is 0.0640. The van der Waals surface area contributed by atoms with Crippen molar-refractivity contribution in [2.45, 2.75) is 19.3 Å². The van der Waals surface area contributed by atoms with Gasteiger partial charge in [0.1, 0.15) is 0 Å². The summed E-state index contributed by atoms with van der Waals surface area (Å²) in [5, 5.41) is 15.1. The number of carboxylic acid groups (broad SMARTS) is 1. The fourth-order valence-electron chi connectivity index (χ4n) is 2.41. The molecule has 0 aromatic heterocycles. The second-order valence-corrected chi connectivity index (χ2v) is 5.09. The van der Waals surface area contributed by atoms with Gasteiger partial charge in [-0.25, -0.2) is 4.79 Å². The Morgan fingerprint density at radius 3 is 2.95 bits per heavy atom. The molecule has 1 aliphatic rings. The van der Waals surface area contributed by atoms with E-state index < -0.39 is 5.97 Å². The summed E-state index contributed by atoms with van der Waals surface area (Å²) in [5.74, 6) is -0.773. The first kappa shape index (κ1) is 14.5. The molecule has 0 spiro atoms. The Morgan fingerprint density at radius 2 is 2.25 bits per heavy atom. The summed E-state index contributed by atoms with van der Waals surface area (Å²) in [7, 11) is 0. The summed E-state index contributed by atoms with van der Waals surface area (Å²) < 4.78 is 0. The Kier molecular flexibility index (Phi) is 5.12. The van der Waals surface area contributed by atoms with E-state index in [0.717, 1.165) is 31.5 Å². The molecule has 0 radical (unpaired) electrons. The van der Waals surface area contributed by atoms with Gasteiger partial charge in [0.15, 0.2) is 0 Å². The first-order valence-electron chi connectivity index (χ1n) is 6.97. The molecule has 0 unspecified atom stereocenters. The minimum atomic E-state index is -0.927. The Hall–Kier alpha value is -1.88. The molecule has 108 valence electrons. The molecule has 5 heteroatoms. The zero-order valence-corrected chi connectivity index (χ0v) is 11.4. The second-order valence-electron chi connectivity index (χ2n) is 5.09. The maximum Gasteiger partial charge on any atom is 0.335 e. The number of benzene rings is 1. The first-order chi connectivity index (χ1) is 9.66. The highest BCUT2D eigenvalue weighted by Crippen LogP contribution is 2.10. The van der Waals surface area contributed by atoms with Crippen LogP contribution in [0.15, 0.2) is 24.3 Å². The molecule has 1 fully saturated rings. The van der Waals surface area contributed by atoms with Crippen LogP contribution in [0.5, 0.6) is 0 Å². The van der Waals surface area contributed by atoms with Crippen LogP contribution >= 0.6 is 0 Å². The lowest BCUT2D eigenvalue weighted by Gasteiger charge is -2.21. The number of nitrogens with one attached hydrogen (secondary N) is 2. The number of carbonyl (C=O) groups is 2. The van der Waals surface area contributed by atoms with Crippen molar-refractivity contribution in [3.8, 4) is 0 Å². The third-order valence-electron chi connectivity index (χ3n) is 3.55. The monoisotopic (exact) mass is 276 g/mol. The molecule has 2 rings (SSSR count). The highest BCUT2D eigenvalue weighted by Gasteiger charge is 2.20. The van der Waals surface area contributed by atoms with E-state index in [1.54, 1.807) is 18.2 Å². The molecule has 0 saturated carbocycles. The van der Waals surface area contributed by atoms with E-state index in [1.165, 1.54) is 0 Å². The van der Waals surface area contributed by atoms with Crippen LogP contribution in [0.3, 0.4) is 0 Å². The average Bonchev–Trinajstić information content (AvgIpc) is 2.48. The van der Waals surface area contributed by atoms with Crippen LogP contribution in [-0.2, 0) is 11.2 Å². The molecular weight excluding hydrogens is 256 g/mol. The Balaban J connectivity index is 1.79. The van der Waals surface area contributed by atoms with Crippen LogP contribution in [0.1, 0.15) is 28.8 Å². The van der Waals surface area contributed by atoms with E-state index in [0.29, 0.717) is 13.0 Å². The molecule has 3 N–H and O–H groups in total. The van der Waals surface area contributed by atoms with Gasteiger partial charge in [-0.1, -0.05) is 12.1 Å². The van der Waals surface area contributed by atoms with Crippen LogP contribution in [-0.4, -0.2) is 36.6 Å². The second kappa shape index (κ2) is 7.05. The third kappa shape index (κ3) is 4.06. The van der Waals surface area contributed by atoms with Gasteiger partial charge in [-0.05, 0) is 43.5 Å². The summed E-state index contributed by atoms with van der Waals surface area (Å²) in [6, 6.07) is 6.82. The van der Waals surface area contributed by atoms with Crippen molar-refractivity contribution in [1.29, 1.82) is 0 Å². The lowest BCUT2D eigenvalue weighted by molar-refractivity contribution is -0.125. The normalized spacial score (nSPS) is 18.5. The first-order valence-corrected chi connectivity index (χ1v) is 6.97. The van der Waals surface area contributed by atoms with Crippen molar-refractivity contribution in [3.05, 3.63) is 35.4 Å². The summed E-state index contributed by atoms with van der Waals surface area (Å²) in [4.78, 5) is 22.8. The third-order valence-corrected chi connectivity index (χ3v) is 3.55. The van der Waals surface area contributed by atoms with Gasteiger partial charge >= 0.3 is 5.97 Å². The highest BCUT2D eigenvalue weighted by molar-refractivity contribution is 5.87. The number of aromatic carboxylic acids is 1. The van der Waals surface area contributed by atoms with Gasteiger partial charge in [0.2, 0.25) is 5.91 Å². The lowest BCUT2D eigenvalue weighted by Crippen LogP contribution is -2.41. The van der Waals surface area contributed by atoms with E-state index >= 15 is 0 Å². The van der Waals surface area contributed by atoms with Crippen LogP contribution in [0, 0.1) is 5.92 Å². The number of carboxylic acids is 1. The molecule has 20 heavy (non-hydrogen) atoms. The molecule has 0 aliphatic carbocycles. The summed E-state index contributed by atoms with van der Waals surface area (Å²) in [6.07, 6.45) is 2.62. The molecule has 1 amide bonds. The van der Waals surface area contributed by atoms with Crippen molar-refractivity contribution < 1.29 is 14.7 Å². The zero-order chi connectivity index (χ0) is 14.4. The number of hydrogen-bond donors (Lipinski definition) is 3. The minimum Gasteiger partial charge on any atom is -0.478 e. The topological polar surface area (TPSA) is 78.4 Å². The molecule has 1 aromatic rings. The van der Waals surface area contributed by atoms with Gasteiger partial charge in [0, 0.05) is 13.1 Å². The van der Waals surface area contributed by atoms with E-state index in [4.69, 9.17) is 5.11 Å². The van der Waals surface area contributed by atoms with E-state index in [1.807, 2.05) is 6.07 Å². The molecule has 1 heterocycles.